The average Bonchev–Trinajstić information content (AvgIpc) is 2.51. The van der Waals surface area contributed by atoms with E-state index < -0.39 is 0 Å². The summed E-state index contributed by atoms with van der Waals surface area (Å²) in [7, 11) is 3.74. The Morgan fingerprint density at radius 1 is 1.32 bits per heavy atom. The number of rotatable bonds is 6. The molecule has 0 spiro atoms. The second kappa shape index (κ2) is 8.05. The van der Waals surface area contributed by atoms with Crippen molar-refractivity contribution in [3.05, 3.63) is 17.5 Å². The molecule has 1 aromatic heterocycles. The molecule has 0 radical (unpaired) electrons. The summed E-state index contributed by atoms with van der Waals surface area (Å²) >= 11 is 0. The predicted molar refractivity (Wildman–Crippen MR) is 85.2 cm³/mol. The molecular weight excluding hydrogens is 282 g/mol. The second-order valence-electron chi connectivity index (χ2n) is 5.59. The third-order valence-electron chi connectivity index (χ3n) is 3.67. The van der Waals surface area contributed by atoms with Crippen LogP contribution in [0, 0.1) is 6.92 Å². The molecule has 1 saturated heterocycles. The Hall–Kier alpha value is -1.73. The molecule has 0 bridgehead atoms. The number of methoxy groups -OCH3 is 1. The summed E-state index contributed by atoms with van der Waals surface area (Å²) in [5.74, 6) is 0.493. The van der Waals surface area contributed by atoms with Gasteiger partial charge in [0.1, 0.15) is 5.69 Å². The number of carbonyl (C=O) groups is 1. The molecule has 1 aliphatic rings. The van der Waals surface area contributed by atoms with Crippen molar-refractivity contribution in [2.75, 3.05) is 58.8 Å². The molecule has 7 nitrogen and oxygen atoms in total. The molecule has 0 aliphatic carbocycles. The summed E-state index contributed by atoms with van der Waals surface area (Å²) in [6.07, 6.45) is 0.871. The van der Waals surface area contributed by atoms with E-state index >= 15 is 0 Å². The van der Waals surface area contributed by atoms with Gasteiger partial charge in [-0.3, -0.25) is 4.79 Å². The summed E-state index contributed by atoms with van der Waals surface area (Å²) in [5.41, 5.74) is 1.26. The first-order valence-corrected chi connectivity index (χ1v) is 7.66. The molecule has 2 heterocycles. The minimum Gasteiger partial charge on any atom is -0.385 e. The Balaban J connectivity index is 2.00. The standard InChI is InChI=1S/C15H25N5O2/c1-12-11-13(14(21)20-8-6-19(2)7-9-20)18-15(17-12)16-5-4-10-22-3/h11H,4-10H2,1-3H3,(H,16,17,18). The normalized spacial score (nSPS) is 15.9. The molecule has 122 valence electrons. The molecule has 22 heavy (non-hydrogen) atoms. The van der Waals surface area contributed by atoms with Crippen molar-refractivity contribution in [2.45, 2.75) is 13.3 Å². The largest absolute Gasteiger partial charge is 0.385 e. The van der Waals surface area contributed by atoms with Gasteiger partial charge in [0.15, 0.2) is 0 Å². The number of likely N-dealkylation sites (N-methyl/N-ethyl adjacent to an activating group) is 1. The molecule has 1 N–H and O–H groups in total. The number of ether oxygens (including phenoxy) is 1. The summed E-state index contributed by atoms with van der Waals surface area (Å²) in [6.45, 7) is 6.58. The third kappa shape index (κ3) is 4.64. The second-order valence-corrected chi connectivity index (χ2v) is 5.59. The highest BCUT2D eigenvalue weighted by Gasteiger charge is 2.22. The highest BCUT2D eigenvalue weighted by molar-refractivity contribution is 5.92. The van der Waals surface area contributed by atoms with Gasteiger partial charge in [-0.1, -0.05) is 0 Å². The van der Waals surface area contributed by atoms with Crippen molar-refractivity contribution < 1.29 is 9.53 Å². The molecule has 1 amide bonds. The quantitative estimate of drug-likeness (QED) is 0.777. The van der Waals surface area contributed by atoms with Gasteiger partial charge in [-0.15, -0.1) is 0 Å². The number of hydrogen-bond acceptors (Lipinski definition) is 6. The van der Waals surface area contributed by atoms with Crippen LogP contribution in [0.3, 0.4) is 0 Å². The van der Waals surface area contributed by atoms with Gasteiger partial charge in [-0.25, -0.2) is 9.97 Å². The molecular formula is C15H25N5O2. The van der Waals surface area contributed by atoms with Crippen molar-refractivity contribution in [3.63, 3.8) is 0 Å². The summed E-state index contributed by atoms with van der Waals surface area (Å²) in [4.78, 5) is 25.3. The van der Waals surface area contributed by atoms with Gasteiger partial charge in [-0.05, 0) is 26.5 Å². The maximum atomic E-state index is 12.6. The Bertz CT molecular complexity index is 501. The number of anilines is 1. The number of amides is 1. The summed E-state index contributed by atoms with van der Waals surface area (Å²) in [6, 6.07) is 1.75. The zero-order chi connectivity index (χ0) is 15.9. The fourth-order valence-electron chi connectivity index (χ4n) is 2.35. The lowest BCUT2D eigenvalue weighted by Crippen LogP contribution is -2.47. The van der Waals surface area contributed by atoms with Gasteiger partial charge in [0, 0.05) is 52.1 Å². The lowest BCUT2D eigenvalue weighted by molar-refractivity contribution is 0.0658. The maximum Gasteiger partial charge on any atom is 0.272 e. The van der Waals surface area contributed by atoms with Crippen LogP contribution in [0.4, 0.5) is 5.95 Å². The Labute approximate surface area is 131 Å². The molecule has 0 aromatic carbocycles. The lowest BCUT2D eigenvalue weighted by Gasteiger charge is -2.32. The van der Waals surface area contributed by atoms with Crippen LogP contribution in [0.2, 0.25) is 0 Å². The van der Waals surface area contributed by atoms with E-state index in [-0.39, 0.29) is 5.91 Å². The number of carbonyl (C=O) groups excluding carboxylic acids is 1. The highest BCUT2D eigenvalue weighted by Crippen LogP contribution is 2.10. The van der Waals surface area contributed by atoms with Gasteiger partial charge in [0.05, 0.1) is 0 Å². The van der Waals surface area contributed by atoms with Crippen molar-refractivity contribution in [3.8, 4) is 0 Å². The minimum absolute atomic E-state index is 0.0152. The number of piperazine rings is 1. The molecule has 1 fully saturated rings. The number of nitrogens with zero attached hydrogens (tertiary/aromatic N) is 4. The van der Waals surface area contributed by atoms with E-state index in [1.54, 1.807) is 13.2 Å². The van der Waals surface area contributed by atoms with Crippen LogP contribution in [-0.2, 0) is 4.74 Å². The van der Waals surface area contributed by atoms with Crippen LogP contribution < -0.4 is 5.32 Å². The van der Waals surface area contributed by atoms with E-state index in [9.17, 15) is 4.79 Å². The SMILES string of the molecule is COCCCNc1nc(C)cc(C(=O)N2CCN(C)CC2)n1. The van der Waals surface area contributed by atoms with E-state index in [1.807, 2.05) is 11.8 Å². The zero-order valence-electron chi connectivity index (χ0n) is 13.6. The average molecular weight is 307 g/mol. The van der Waals surface area contributed by atoms with E-state index in [4.69, 9.17) is 4.74 Å². The molecule has 2 rings (SSSR count). The van der Waals surface area contributed by atoms with Crippen molar-refractivity contribution >= 4 is 11.9 Å². The van der Waals surface area contributed by atoms with Gasteiger partial charge < -0.3 is 19.9 Å². The number of aryl methyl sites for hydroxylation is 1. The van der Waals surface area contributed by atoms with Gasteiger partial charge in [0.2, 0.25) is 5.95 Å². The topological polar surface area (TPSA) is 70.6 Å². The van der Waals surface area contributed by atoms with Crippen LogP contribution >= 0.6 is 0 Å². The van der Waals surface area contributed by atoms with Gasteiger partial charge >= 0.3 is 0 Å². The minimum atomic E-state index is -0.0152. The van der Waals surface area contributed by atoms with E-state index in [2.05, 4.69) is 27.2 Å². The fourth-order valence-corrected chi connectivity index (χ4v) is 2.35. The Kier molecular flexibility index (Phi) is 6.09. The van der Waals surface area contributed by atoms with Crippen LogP contribution in [0.15, 0.2) is 6.07 Å². The third-order valence-corrected chi connectivity index (χ3v) is 3.67. The monoisotopic (exact) mass is 307 g/mol. The van der Waals surface area contributed by atoms with Crippen molar-refractivity contribution in [1.29, 1.82) is 0 Å². The first kappa shape index (κ1) is 16.6. The highest BCUT2D eigenvalue weighted by atomic mass is 16.5. The summed E-state index contributed by atoms with van der Waals surface area (Å²) < 4.78 is 5.01. The van der Waals surface area contributed by atoms with Crippen LogP contribution in [0.5, 0.6) is 0 Å². The first-order chi connectivity index (χ1) is 10.6. The van der Waals surface area contributed by atoms with Crippen LogP contribution in [0.25, 0.3) is 0 Å². The van der Waals surface area contributed by atoms with Crippen molar-refractivity contribution in [2.24, 2.45) is 0 Å². The van der Waals surface area contributed by atoms with Gasteiger partial charge in [-0.2, -0.15) is 0 Å². The van der Waals surface area contributed by atoms with Gasteiger partial charge in [0.25, 0.3) is 5.91 Å². The predicted octanol–water partition coefficient (Wildman–Crippen LogP) is 0.621. The molecule has 0 atom stereocenters. The zero-order valence-corrected chi connectivity index (χ0v) is 13.6. The fraction of sp³-hybridized carbons (Fsp3) is 0.667. The lowest BCUT2D eigenvalue weighted by atomic mass is 10.2. The Morgan fingerprint density at radius 3 is 2.73 bits per heavy atom. The van der Waals surface area contributed by atoms with Crippen molar-refractivity contribution in [1.82, 2.24) is 19.8 Å². The van der Waals surface area contributed by atoms with Crippen LogP contribution in [-0.4, -0.2) is 79.2 Å². The number of nitrogens with one attached hydrogen (secondary N) is 1. The first-order valence-electron chi connectivity index (χ1n) is 7.66. The molecule has 0 unspecified atom stereocenters. The smallest absolute Gasteiger partial charge is 0.272 e. The van der Waals surface area contributed by atoms with E-state index in [0.29, 0.717) is 18.2 Å². The summed E-state index contributed by atoms with van der Waals surface area (Å²) in [5, 5.41) is 3.14. The molecule has 1 aliphatic heterocycles. The molecule has 1 aromatic rings. The maximum absolute atomic E-state index is 12.6. The van der Waals surface area contributed by atoms with E-state index in [1.165, 1.54) is 0 Å². The Morgan fingerprint density at radius 2 is 2.05 bits per heavy atom. The number of aromatic nitrogens is 2. The van der Waals surface area contributed by atoms with Crippen LogP contribution in [0.1, 0.15) is 22.6 Å². The number of hydrogen-bond donors (Lipinski definition) is 1. The molecule has 0 saturated carbocycles. The van der Waals surface area contributed by atoms with E-state index in [0.717, 1.165) is 44.8 Å². The molecule has 7 heteroatoms.